The third kappa shape index (κ3) is 4.39. The first-order chi connectivity index (χ1) is 13.4. The van der Waals surface area contributed by atoms with Crippen molar-refractivity contribution < 1.29 is 28.4 Å². The van der Waals surface area contributed by atoms with Gasteiger partial charge in [-0.25, -0.2) is 13.6 Å². The number of amides is 1. The minimum atomic E-state index is -0.636. The third-order valence-electron chi connectivity index (χ3n) is 4.76. The first-order valence-corrected chi connectivity index (χ1v) is 10.1. The summed E-state index contributed by atoms with van der Waals surface area (Å²) >= 11 is 1.42. The van der Waals surface area contributed by atoms with Crippen molar-refractivity contribution >= 4 is 28.2 Å². The van der Waals surface area contributed by atoms with Crippen LogP contribution in [0, 0.1) is 11.6 Å². The molecule has 0 saturated carbocycles. The maximum atomic E-state index is 13.9. The molecule has 1 aromatic heterocycles. The van der Waals surface area contributed by atoms with Gasteiger partial charge in [0.15, 0.2) is 6.54 Å². The molecule has 0 aliphatic heterocycles. The molecule has 3 N–H and O–H groups in total. The number of esters is 1. The average molecular weight is 409 g/mol. The van der Waals surface area contributed by atoms with Gasteiger partial charge in [0.2, 0.25) is 0 Å². The first kappa shape index (κ1) is 20.4. The van der Waals surface area contributed by atoms with Gasteiger partial charge in [0.05, 0.1) is 12.2 Å². The van der Waals surface area contributed by atoms with Crippen molar-refractivity contribution in [3.8, 4) is 0 Å². The van der Waals surface area contributed by atoms with Crippen LogP contribution >= 0.6 is 11.3 Å². The zero-order chi connectivity index (χ0) is 20.3. The number of halogens is 2. The zero-order valence-corrected chi connectivity index (χ0v) is 16.6. The number of quaternary nitrogens is 1. The molecule has 0 saturated heterocycles. The van der Waals surface area contributed by atoms with Crippen LogP contribution < -0.4 is 10.6 Å². The summed E-state index contributed by atoms with van der Waals surface area (Å²) in [6, 6.07) is 3.05. The van der Waals surface area contributed by atoms with Gasteiger partial charge < -0.3 is 15.4 Å². The van der Waals surface area contributed by atoms with Crippen LogP contribution in [0.2, 0.25) is 0 Å². The van der Waals surface area contributed by atoms with Crippen LogP contribution in [0.4, 0.5) is 13.8 Å². The Hall–Kier alpha value is -2.32. The van der Waals surface area contributed by atoms with E-state index in [2.05, 4.69) is 5.32 Å². The van der Waals surface area contributed by atoms with E-state index in [0.29, 0.717) is 16.1 Å². The fraction of sp³-hybridized carbons (Fsp3) is 0.400. The zero-order valence-electron chi connectivity index (χ0n) is 15.8. The van der Waals surface area contributed by atoms with E-state index in [9.17, 15) is 18.4 Å². The van der Waals surface area contributed by atoms with E-state index in [4.69, 9.17) is 4.74 Å². The van der Waals surface area contributed by atoms with E-state index in [1.807, 2.05) is 0 Å². The number of ether oxygens (including phenoxy) is 1. The Morgan fingerprint density at radius 1 is 1.32 bits per heavy atom. The molecule has 3 rings (SSSR count). The molecule has 0 fully saturated rings. The molecule has 1 aromatic carbocycles. The van der Waals surface area contributed by atoms with Crippen molar-refractivity contribution in [3.05, 3.63) is 51.4 Å². The molecule has 0 spiro atoms. The van der Waals surface area contributed by atoms with Gasteiger partial charge in [-0.3, -0.25) is 4.79 Å². The Balaban J connectivity index is 1.66. The minimum absolute atomic E-state index is 0.0445. The molecule has 0 unspecified atom stereocenters. The van der Waals surface area contributed by atoms with Crippen molar-refractivity contribution in [1.82, 2.24) is 0 Å². The number of nitrogens with one attached hydrogen (secondary N) is 1. The number of hydrogen-bond acceptors (Lipinski definition) is 4. The molecule has 0 bridgehead atoms. The molecule has 5 nitrogen and oxygen atoms in total. The van der Waals surface area contributed by atoms with Crippen molar-refractivity contribution in [2.45, 2.75) is 39.2 Å². The summed E-state index contributed by atoms with van der Waals surface area (Å²) < 4.78 is 32.1. The monoisotopic (exact) mass is 409 g/mol. The number of nitrogens with two attached hydrogens (primary N) is 1. The number of benzene rings is 1. The minimum Gasteiger partial charge on any atom is -0.462 e. The second-order valence-corrected chi connectivity index (χ2v) is 7.83. The quantitative estimate of drug-likeness (QED) is 0.691. The van der Waals surface area contributed by atoms with Gasteiger partial charge in [-0.1, -0.05) is 0 Å². The average Bonchev–Trinajstić information content (AvgIpc) is 3.20. The van der Waals surface area contributed by atoms with Crippen LogP contribution in [-0.2, 0) is 22.4 Å². The lowest BCUT2D eigenvalue weighted by Crippen LogP contribution is -2.86. The molecule has 150 valence electrons. The molecule has 2 aromatic rings. The molecule has 1 heterocycles. The molecular formula is C20H23F2N2O3S+. The summed E-state index contributed by atoms with van der Waals surface area (Å²) in [5.41, 5.74) is 1.77. The lowest BCUT2D eigenvalue weighted by molar-refractivity contribution is -0.682. The van der Waals surface area contributed by atoms with Crippen LogP contribution in [-0.4, -0.2) is 25.0 Å². The Labute approximate surface area is 166 Å². The summed E-state index contributed by atoms with van der Waals surface area (Å²) in [6.07, 6.45) is 2.70. The van der Waals surface area contributed by atoms with Crippen LogP contribution in [0.3, 0.4) is 0 Å². The second kappa shape index (κ2) is 8.79. The fourth-order valence-electron chi connectivity index (χ4n) is 3.37. The van der Waals surface area contributed by atoms with E-state index < -0.39 is 17.6 Å². The summed E-state index contributed by atoms with van der Waals surface area (Å²) in [5.74, 6) is -1.98. The van der Waals surface area contributed by atoms with Crippen molar-refractivity contribution in [1.29, 1.82) is 0 Å². The number of hydrogen-bond donors (Lipinski definition) is 2. The Morgan fingerprint density at radius 2 is 2.11 bits per heavy atom. The smallest absolute Gasteiger partial charge is 0.341 e. The predicted octanol–water partition coefficient (Wildman–Crippen LogP) is 2.95. The van der Waals surface area contributed by atoms with Gasteiger partial charge in [-0.2, -0.15) is 0 Å². The summed E-state index contributed by atoms with van der Waals surface area (Å²) in [5, 5.41) is 4.98. The van der Waals surface area contributed by atoms with Gasteiger partial charge in [-0.15, -0.1) is 11.3 Å². The number of aryl methyl sites for hydroxylation is 1. The van der Waals surface area contributed by atoms with Crippen molar-refractivity contribution in [2.24, 2.45) is 0 Å². The van der Waals surface area contributed by atoms with Gasteiger partial charge in [0.1, 0.15) is 22.7 Å². The van der Waals surface area contributed by atoms with Gasteiger partial charge in [0, 0.05) is 16.5 Å². The number of rotatable bonds is 7. The van der Waals surface area contributed by atoms with E-state index in [-0.39, 0.29) is 25.1 Å². The van der Waals surface area contributed by atoms with E-state index in [1.165, 1.54) is 23.5 Å². The van der Waals surface area contributed by atoms with Crippen LogP contribution in [0.15, 0.2) is 18.2 Å². The van der Waals surface area contributed by atoms with Crippen LogP contribution in [0.25, 0.3) is 0 Å². The largest absolute Gasteiger partial charge is 0.462 e. The highest BCUT2D eigenvalue weighted by Crippen LogP contribution is 2.39. The van der Waals surface area contributed by atoms with E-state index in [1.54, 1.807) is 19.2 Å². The molecule has 0 radical (unpaired) electrons. The molecule has 1 aliphatic rings. The summed E-state index contributed by atoms with van der Waals surface area (Å²) in [6.45, 7) is 3.80. The lowest BCUT2D eigenvalue weighted by atomic mass is 10.1. The van der Waals surface area contributed by atoms with Gasteiger partial charge in [0.25, 0.3) is 5.91 Å². The molecule has 8 heteroatoms. The topological polar surface area (TPSA) is 72.0 Å². The normalized spacial score (nSPS) is 13.9. The number of fused-ring (bicyclic) bond motifs is 1. The summed E-state index contributed by atoms with van der Waals surface area (Å²) in [4.78, 5) is 25.9. The van der Waals surface area contributed by atoms with Crippen molar-refractivity contribution in [2.75, 3.05) is 18.5 Å². The number of carbonyl (C=O) groups excluding carboxylic acids is 2. The molecule has 1 atom stereocenters. The second-order valence-electron chi connectivity index (χ2n) is 6.72. The molecular weight excluding hydrogens is 386 g/mol. The van der Waals surface area contributed by atoms with Crippen LogP contribution in [0.1, 0.15) is 52.7 Å². The first-order valence-electron chi connectivity index (χ1n) is 9.30. The van der Waals surface area contributed by atoms with Crippen LogP contribution in [0.5, 0.6) is 0 Å². The SMILES string of the molecule is CCOC(=O)c1c(NC(=O)C[NH2+][C@H](C)c2ccc(F)cc2F)sc2c1CCC2. The maximum absolute atomic E-state index is 13.9. The van der Waals surface area contributed by atoms with Gasteiger partial charge in [-0.05, 0) is 50.8 Å². The van der Waals surface area contributed by atoms with Gasteiger partial charge >= 0.3 is 5.97 Å². The number of thiophene rings is 1. The standard InChI is InChI=1S/C20H22F2N2O3S/c1-3-27-20(26)18-14-5-4-6-16(14)28-19(18)24-17(25)10-23-11(2)13-8-7-12(21)9-15(13)22/h7-9,11,23H,3-6,10H2,1-2H3,(H,24,25)/p+1/t11-/m1/s1. The van der Waals surface area contributed by atoms with E-state index >= 15 is 0 Å². The number of carbonyl (C=O) groups is 2. The highest BCUT2D eigenvalue weighted by atomic mass is 32.1. The summed E-state index contributed by atoms with van der Waals surface area (Å²) in [7, 11) is 0. The van der Waals surface area contributed by atoms with Crippen molar-refractivity contribution in [3.63, 3.8) is 0 Å². The highest BCUT2D eigenvalue weighted by molar-refractivity contribution is 7.17. The predicted molar refractivity (Wildman–Crippen MR) is 102 cm³/mol. The maximum Gasteiger partial charge on any atom is 0.341 e. The Morgan fingerprint density at radius 3 is 2.82 bits per heavy atom. The molecule has 1 aliphatic carbocycles. The third-order valence-corrected chi connectivity index (χ3v) is 5.97. The Bertz CT molecular complexity index is 898. The fourth-order valence-corrected chi connectivity index (χ4v) is 4.66. The lowest BCUT2D eigenvalue weighted by Gasteiger charge is -2.12. The molecule has 1 amide bonds. The number of anilines is 1. The highest BCUT2D eigenvalue weighted by Gasteiger charge is 2.28. The Kier molecular flexibility index (Phi) is 6.41. The van der Waals surface area contributed by atoms with E-state index in [0.717, 1.165) is 35.8 Å². The molecule has 28 heavy (non-hydrogen) atoms.